The molecule has 6 heteroatoms. The van der Waals surface area contributed by atoms with Crippen LogP contribution in [-0.2, 0) is 10.2 Å². The van der Waals surface area contributed by atoms with E-state index in [-0.39, 0.29) is 13.1 Å². The molecule has 5 N–H and O–H groups in total. The molecule has 5 nitrogen and oxygen atoms in total. The van der Waals surface area contributed by atoms with E-state index >= 15 is 0 Å². The van der Waals surface area contributed by atoms with Crippen LogP contribution >= 0.6 is 0 Å². The highest BCUT2D eigenvalue weighted by Crippen LogP contribution is 1.61. The summed E-state index contributed by atoms with van der Waals surface area (Å²) in [6, 6.07) is 0. The zero-order valence-corrected chi connectivity index (χ0v) is 5.11. The van der Waals surface area contributed by atoms with Gasteiger partial charge in [-0.3, -0.25) is 0 Å². The average Bonchev–Trinajstić information content (AvgIpc) is 1.59. The van der Waals surface area contributed by atoms with Crippen molar-refractivity contribution in [3.8, 4) is 0 Å². The molecule has 0 spiro atoms. The lowest BCUT2D eigenvalue weighted by Gasteiger charge is -1.95. The van der Waals surface area contributed by atoms with E-state index in [0.717, 1.165) is 0 Å². The molecule has 50 valence electrons. The van der Waals surface area contributed by atoms with Crippen molar-refractivity contribution in [1.82, 2.24) is 4.72 Å². The SMILES string of the molecule is NCCNS(N)(=O)=O. The van der Waals surface area contributed by atoms with Gasteiger partial charge in [-0.1, -0.05) is 0 Å². The van der Waals surface area contributed by atoms with Crippen molar-refractivity contribution in [2.24, 2.45) is 10.9 Å². The van der Waals surface area contributed by atoms with E-state index in [1.807, 2.05) is 4.72 Å². The van der Waals surface area contributed by atoms with Crippen molar-refractivity contribution < 1.29 is 8.42 Å². The van der Waals surface area contributed by atoms with Crippen LogP contribution in [0.4, 0.5) is 0 Å². The fourth-order valence-corrected chi connectivity index (χ4v) is 0.604. The summed E-state index contributed by atoms with van der Waals surface area (Å²) in [5.74, 6) is 0. The third-order valence-corrected chi connectivity index (χ3v) is 1.05. The molecule has 0 bridgehead atoms. The first-order valence-corrected chi connectivity index (χ1v) is 3.58. The fourth-order valence-electron chi connectivity index (χ4n) is 0.201. The third kappa shape index (κ3) is 5.83. The number of nitrogens with two attached hydrogens (primary N) is 2. The Hall–Kier alpha value is -0.170. The summed E-state index contributed by atoms with van der Waals surface area (Å²) in [6.45, 7) is 0.454. The maximum absolute atomic E-state index is 10.0. The molecule has 0 aliphatic rings. The maximum Gasteiger partial charge on any atom is 0.274 e. The smallest absolute Gasteiger partial charge is 0.274 e. The van der Waals surface area contributed by atoms with Gasteiger partial charge in [0.25, 0.3) is 10.2 Å². The van der Waals surface area contributed by atoms with Gasteiger partial charge < -0.3 is 5.73 Å². The van der Waals surface area contributed by atoms with Gasteiger partial charge in [-0.2, -0.15) is 8.42 Å². The summed E-state index contributed by atoms with van der Waals surface area (Å²) in [5.41, 5.74) is 4.95. The van der Waals surface area contributed by atoms with Gasteiger partial charge in [0.15, 0.2) is 0 Å². The Morgan fingerprint density at radius 1 is 1.50 bits per heavy atom. The summed E-state index contributed by atoms with van der Waals surface area (Å²) in [7, 11) is -3.52. The lowest BCUT2D eigenvalue weighted by Crippen LogP contribution is -2.34. The summed E-state index contributed by atoms with van der Waals surface area (Å²) < 4.78 is 22.0. The highest BCUT2D eigenvalue weighted by atomic mass is 32.2. The highest BCUT2D eigenvalue weighted by molar-refractivity contribution is 7.87. The lowest BCUT2D eigenvalue weighted by atomic mass is 10.7. The summed E-state index contributed by atoms with van der Waals surface area (Å²) in [4.78, 5) is 0. The van der Waals surface area contributed by atoms with Crippen LogP contribution in [0.25, 0.3) is 0 Å². The first kappa shape index (κ1) is 7.83. The van der Waals surface area contributed by atoms with E-state index in [9.17, 15) is 8.42 Å². The van der Waals surface area contributed by atoms with E-state index in [2.05, 4.69) is 5.14 Å². The number of nitrogens with one attached hydrogen (secondary N) is 1. The number of rotatable bonds is 3. The summed E-state index contributed by atoms with van der Waals surface area (Å²) in [6.07, 6.45) is 0. The molecule has 0 rings (SSSR count). The van der Waals surface area contributed by atoms with Gasteiger partial charge in [0, 0.05) is 13.1 Å². The molecule has 0 aromatic rings. The average molecular weight is 139 g/mol. The van der Waals surface area contributed by atoms with Gasteiger partial charge in [-0.25, -0.2) is 9.86 Å². The second-order valence-corrected chi connectivity index (χ2v) is 2.61. The van der Waals surface area contributed by atoms with Crippen LogP contribution in [0.1, 0.15) is 0 Å². The maximum atomic E-state index is 10.0. The summed E-state index contributed by atoms with van der Waals surface area (Å²) >= 11 is 0. The van der Waals surface area contributed by atoms with Crippen LogP contribution in [-0.4, -0.2) is 21.5 Å². The zero-order chi connectivity index (χ0) is 6.62. The predicted molar refractivity (Wildman–Crippen MR) is 30.2 cm³/mol. The van der Waals surface area contributed by atoms with Gasteiger partial charge in [0.2, 0.25) is 0 Å². The Morgan fingerprint density at radius 2 is 2.00 bits per heavy atom. The molecule has 0 amide bonds. The third-order valence-electron chi connectivity index (χ3n) is 0.448. The molecule has 8 heavy (non-hydrogen) atoms. The molecule has 0 fully saturated rings. The molecular formula is C2H9N3O2S. The van der Waals surface area contributed by atoms with E-state index in [4.69, 9.17) is 5.73 Å². The van der Waals surface area contributed by atoms with Crippen molar-refractivity contribution in [3.05, 3.63) is 0 Å². The topological polar surface area (TPSA) is 98.2 Å². The van der Waals surface area contributed by atoms with Crippen molar-refractivity contribution in [2.45, 2.75) is 0 Å². The lowest BCUT2D eigenvalue weighted by molar-refractivity contribution is 0.584. The van der Waals surface area contributed by atoms with Crippen LogP contribution in [0, 0.1) is 0 Å². The minimum atomic E-state index is -3.52. The Bertz CT molecular complexity index is 139. The summed E-state index contributed by atoms with van der Waals surface area (Å²) in [5, 5.41) is 4.53. The molecule has 0 heterocycles. The molecule has 0 radical (unpaired) electrons. The normalized spacial score (nSPS) is 11.8. The van der Waals surface area contributed by atoms with Crippen molar-refractivity contribution in [1.29, 1.82) is 0 Å². The molecule has 0 aliphatic heterocycles. The Kier molecular flexibility index (Phi) is 2.91. The second kappa shape index (κ2) is 2.98. The van der Waals surface area contributed by atoms with Gasteiger partial charge in [-0.05, 0) is 0 Å². The van der Waals surface area contributed by atoms with Gasteiger partial charge in [-0.15, -0.1) is 0 Å². The number of hydrogen-bond donors (Lipinski definition) is 3. The molecule has 0 atom stereocenters. The van der Waals surface area contributed by atoms with Crippen molar-refractivity contribution in [3.63, 3.8) is 0 Å². The van der Waals surface area contributed by atoms with E-state index < -0.39 is 10.2 Å². The molecule has 0 saturated carbocycles. The van der Waals surface area contributed by atoms with E-state index in [0.29, 0.717) is 0 Å². The Balaban J connectivity index is 3.42. The van der Waals surface area contributed by atoms with Crippen molar-refractivity contribution >= 4 is 10.2 Å². The van der Waals surface area contributed by atoms with Gasteiger partial charge >= 0.3 is 0 Å². The highest BCUT2D eigenvalue weighted by Gasteiger charge is 1.95. The minimum absolute atomic E-state index is 0.193. The van der Waals surface area contributed by atoms with Crippen LogP contribution in [0.15, 0.2) is 0 Å². The Morgan fingerprint density at radius 3 is 2.12 bits per heavy atom. The fraction of sp³-hybridized carbons (Fsp3) is 1.00. The van der Waals surface area contributed by atoms with Gasteiger partial charge in [0.05, 0.1) is 0 Å². The van der Waals surface area contributed by atoms with Gasteiger partial charge in [0.1, 0.15) is 0 Å². The van der Waals surface area contributed by atoms with Crippen molar-refractivity contribution in [2.75, 3.05) is 13.1 Å². The molecule has 0 saturated heterocycles. The quantitative estimate of drug-likeness (QED) is 0.411. The van der Waals surface area contributed by atoms with Crippen LogP contribution in [0.5, 0.6) is 0 Å². The molecule has 0 aromatic heterocycles. The van der Waals surface area contributed by atoms with E-state index in [1.165, 1.54) is 0 Å². The van der Waals surface area contributed by atoms with Crippen LogP contribution in [0.3, 0.4) is 0 Å². The molecule has 0 aliphatic carbocycles. The first-order chi connectivity index (χ1) is 3.56. The minimum Gasteiger partial charge on any atom is -0.329 e. The van der Waals surface area contributed by atoms with Crippen LogP contribution < -0.4 is 15.6 Å². The zero-order valence-electron chi connectivity index (χ0n) is 4.29. The monoisotopic (exact) mass is 139 g/mol. The standard InChI is InChI=1S/C2H9N3O2S/c3-1-2-5-8(4,6)7/h5H,1-3H2,(H2,4,6,7). The first-order valence-electron chi connectivity index (χ1n) is 2.03. The predicted octanol–water partition coefficient (Wildman–Crippen LogP) is -2.26. The largest absolute Gasteiger partial charge is 0.329 e. The molecular weight excluding hydrogens is 130 g/mol. The molecule has 0 unspecified atom stereocenters. The number of hydrogen-bond acceptors (Lipinski definition) is 3. The molecule has 0 aromatic carbocycles. The van der Waals surface area contributed by atoms with Crippen LogP contribution in [0.2, 0.25) is 0 Å². The van der Waals surface area contributed by atoms with E-state index in [1.54, 1.807) is 0 Å². The second-order valence-electron chi connectivity index (χ2n) is 1.23. The Labute approximate surface area is 48.2 Å².